The van der Waals surface area contributed by atoms with Crippen LogP contribution in [0.1, 0.15) is 64.5 Å². The van der Waals surface area contributed by atoms with Crippen LogP contribution >= 0.6 is 11.6 Å². The molecule has 1 aromatic carbocycles. The van der Waals surface area contributed by atoms with Gasteiger partial charge < -0.3 is 9.73 Å². The van der Waals surface area contributed by atoms with Gasteiger partial charge in [0.05, 0.1) is 10.6 Å². The third-order valence-electron chi connectivity index (χ3n) is 4.65. The molecule has 2 amide bonds. The second kappa shape index (κ2) is 8.66. The Kier molecular flexibility index (Phi) is 6.21. The molecule has 2 aromatic rings. The molecule has 2 N–H and O–H groups in total. The van der Waals surface area contributed by atoms with Crippen LogP contribution in [0.25, 0.3) is 0 Å². The maximum absolute atomic E-state index is 12.4. The number of hydrogen-bond acceptors (Lipinski definition) is 6. The van der Waals surface area contributed by atoms with E-state index in [2.05, 4.69) is 15.8 Å². The summed E-state index contributed by atoms with van der Waals surface area (Å²) in [5.74, 6) is -0.00666. The van der Waals surface area contributed by atoms with E-state index in [4.69, 9.17) is 16.0 Å². The summed E-state index contributed by atoms with van der Waals surface area (Å²) in [5, 5.41) is 18.0. The topological polar surface area (TPSA) is 127 Å². The van der Waals surface area contributed by atoms with Gasteiger partial charge >= 0.3 is 0 Å². The first-order chi connectivity index (χ1) is 14.2. The number of nitrogens with one attached hydrogen (secondary N) is 2. The number of nitro groups is 1. The Labute approximate surface area is 177 Å². The first-order valence-electron chi connectivity index (χ1n) is 9.43. The van der Waals surface area contributed by atoms with E-state index in [1.165, 1.54) is 12.1 Å². The van der Waals surface area contributed by atoms with E-state index in [0.717, 1.165) is 18.1 Å². The number of fused-ring (bicyclic) bond motifs is 1. The summed E-state index contributed by atoms with van der Waals surface area (Å²) in [5.41, 5.74) is 4.12. The number of benzene rings is 1. The summed E-state index contributed by atoms with van der Waals surface area (Å²) in [6, 6.07) is 3.74. The molecule has 9 nitrogen and oxygen atoms in total. The average molecular weight is 433 g/mol. The van der Waals surface area contributed by atoms with E-state index in [-0.39, 0.29) is 34.0 Å². The molecule has 30 heavy (non-hydrogen) atoms. The summed E-state index contributed by atoms with van der Waals surface area (Å²) in [6.45, 7) is 5.50. The van der Waals surface area contributed by atoms with Gasteiger partial charge in [-0.2, -0.15) is 5.10 Å². The summed E-state index contributed by atoms with van der Waals surface area (Å²) in [4.78, 5) is 35.2. The lowest BCUT2D eigenvalue weighted by Crippen LogP contribution is -2.30. The Hall–Kier alpha value is -3.20. The van der Waals surface area contributed by atoms with Crippen LogP contribution < -0.4 is 10.7 Å². The van der Waals surface area contributed by atoms with Crippen molar-refractivity contribution in [2.45, 2.75) is 46.1 Å². The van der Waals surface area contributed by atoms with Gasteiger partial charge in [-0.3, -0.25) is 19.7 Å². The van der Waals surface area contributed by atoms with Crippen LogP contribution in [0.5, 0.6) is 0 Å². The lowest BCUT2D eigenvalue weighted by atomic mass is 9.93. The predicted molar refractivity (Wildman–Crippen MR) is 111 cm³/mol. The number of hydrogen-bond donors (Lipinski definition) is 2. The van der Waals surface area contributed by atoms with Crippen LogP contribution in [0.3, 0.4) is 0 Å². The van der Waals surface area contributed by atoms with Gasteiger partial charge in [-0.25, -0.2) is 5.43 Å². The van der Waals surface area contributed by atoms with Crippen LogP contribution in [0.4, 0.5) is 5.69 Å². The zero-order chi connectivity index (χ0) is 22.0. The number of nitrogens with zero attached hydrogens (tertiary/aromatic N) is 2. The van der Waals surface area contributed by atoms with Crippen LogP contribution in [-0.4, -0.2) is 28.5 Å². The molecule has 3 rings (SSSR count). The van der Waals surface area contributed by atoms with E-state index in [0.29, 0.717) is 29.9 Å². The third kappa shape index (κ3) is 4.35. The number of furan rings is 1. The van der Waals surface area contributed by atoms with Crippen LogP contribution in [0.2, 0.25) is 5.02 Å². The summed E-state index contributed by atoms with van der Waals surface area (Å²) >= 11 is 5.78. The molecule has 0 spiro atoms. The van der Waals surface area contributed by atoms with Crippen LogP contribution in [0.15, 0.2) is 27.7 Å². The fraction of sp³-hybridized carbons (Fsp3) is 0.350. The maximum Gasteiger partial charge on any atom is 0.288 e. The Morgan fingerprint density at radius 1 is 1.27 bits per heavy atom. The Morgan fingerprint density at radius 2 is 2.00 bits per heavy atom. The second-order valence-corrected chi connectivity index (χ2v) is 7.67. The highest BCUT2D eigenvalue weighted by atomic mass is 35.5. The zero-order valence-corrected chi connectivity index (χ0v) is 17.5. The normalized spacial score (nSPS) is 14.5. The van der Waals surface area contributed by atoms with Crippen molar-refractivity contribution >= 4 is 34.8 Å². The minimum atomic E-state index is -0.656. The minimum Gasteiger partial charge on any atom is -0.455 e. The first-order valence-corrected chi connectivity index (χ1v) is 9.81. The predicted octanol–water partition coefficient (Wildman–Crippen LogP) is 3.76. The fourth-order valence-corrected chi connectivity index (χ4v) is 3.49. The minimum absolute atomic E-state index is 0.0325. The largest absolute Gasteiger partial charge is 0.455 e. The SMILES string of the molecule is Cc1c(C(=O)NC(C)C)oc2c1/C(=N/NC(=O)c1ccc(Cl)c([N+](=O)[O-])c1)CCC2. The molecule has 158 valence electrons. The number of aryl methyl sites for hydroxylation is 1. The number of hydrazone groups is 1. The Morgan fingerprint density at radius 3 is 2.67 bits per heavy atom. The molecule has 1 heterocycles. The molecule has 0 radical (unpaired) electrons. The van der Waals surface area contributed by atoms with Crippen LogP contribution in [-0.2, 0) is 6.42 Å². The van der Waals surface area contributed by atoms with Crippen molar-refractivity contribution in [3.63, 3.8) is 0 Å². The van der Waals surface area contributed by atoms with Crippen molar-refractivity contribution in [3.8, 4) is 0 Å². The Bertz CT molecular complexity index is 1060. The van der Waals surface area contributed by atoms with Gasteiger partial charge in [-0.1, -0.05) is 11.6 Å². The molecule has 1 aromatic heterocycles. The van der Waals surface area contributed by atoms with Crippen molar-refractivity contribution in [3.05, 3.63) is 61.5 Å². The number of carbonyl (C=O) groups excluding carboxylic acids is 2. The molecule has 10 heteroatoms. The molecular formula is C20H21ClN4O5. The summed E-state index contributed by atoms with van der Waals surface area (Å²) < 4.78 is 5.78. The van der Waals surface area contributed by atoms with E-state index in [9.17, 15) is 19.7 Å². The molecule has 0 saturated carbocycles. The van der Waals surface area contributed by atoms with Crippen molar-refractivity contribution < 1.29 is 18.9 Å². The quantitative estimate of drug-likeness (QED) is 0.549. The van der Waals surface area contributed by atoms with Crippen molar-refractivity contribution in [1.82, 2.24) is 10.7 Å². The van der Waals surface area contributed by atoms with E-state index < -0.39 is 10.8 Å². The smallest absolute Gasteiger partial charge is 0.288 e. The lowest BCUT2D eigenvalue weighted by Gasteiger charge is -2.13. The van der Waals surface area contributed by atoms with Gasteiger partial charge in [-0.05, 0) is 45.7 Å². The van der Waals surface area contributed by atoms with Gasteiger partial charge in [-0.15, -0.1) is 0 Å². The van der Waals surface area contributed by atoms with Gasteiger partial charge in [0.25, 0.3) is 17.5 Å². The van der Waals surface area contributed by atoms with Crippen LogP contribution in [0, 0.1) is 17.0 Å². The maximum atomic E-state index is 12.4. The number of halogens is 1. The van der Waals surface area contributed by atoms with E-state index >= 15 is 0 Å². The van der Waals surface area contributed by atoms with Crippen molar-refractivity contribution in [1.29, 1.82) is 0 Å². The standard InChI is InChI=1S/C20H21ClN4O5/c1-10(2)22-20(27)18-11(3)17-14(5-4-6-16(17)30-18)23-24-19(26)12-7-8-13(21)15(9-12)25(28)29/h7-10H,4-6H2,1-3H3,(H,22,27)(H,24,26)/b23-14+. The third-order valence-corrected chi connectivity index (χ3v) is 4.97. The second-order valence-electron chi connectivity index (χ2n) is 7.26. The average Bonchev–Trinajstić information content (AvgIpc) is 3.03. The number of nitro benzene ring substituents is 1. The zero-order valence-electron chi connectivity index (χ0n) is 16.7. The monoisotopic (exact) mass is 432 g/mol. The summed E-state index contributed by atoms with van der Waals surface area (Å²) in [6.07, 6.45) is 2.02. The number of carbonyl (C=O) groups is 2. The molecule has 1 aliphatic rings. The molecule has 0 aliphatic heterocycles. The molecular weight excluding hydrogens is 412 g/mol. The lowest BCUT2D eigenvalue weighted by molar-refractivity contribution is -0.384. The first kappa shape index (κ1) is 21.5. The molecule has 0 unspecified atom stereocenters. The number of amides is 2. The van der Waals surface area contributed by atoms with Gasteiger partial charge in [0.2, 0.25) is 0 Å². The molecule has 0 fully saturated rings. The highest BCUT2D eigenvalue weighted by molar-refractivity contribution is 6.32. The van der Waals surface area contributed by atoms with E-state index in [1.807, 2.05) is 13.8 Å². The summed E-state index contributed by atoms with van der Waals surface area (Å²) in [7, 11) is 0. The van der Waals surface area contributed by atoms with Crippen molar-refractivity contribution in [2.75, 3.05) is 0 Å². The molecule has 1 aliphatic carbocycles. The van der Waals surface area contributed by atoms with Gasteiger partial charge in [0.15, 0.2) is 5.76 Å². The molecule has 0 saturated heterocycles. The highest BCUT2D eigenvalue weighted by Crippen LogP contribution is 2.30. The van der Waals surface area contributed by atoms with Gasteiger partial charge in [0, 0.05) is 35.2 Å². The Balaban J connectivity index is 1.86. The number of rotatable bonds is 5. The van der Waals surface area contributed by atoms with Gasteiger partial charge in [0.1, 0.15) is 10.8 Å². The highest BCUT2D eigenvalue weighted by Gasteiger charge is 2.28. The van der Waals surface area contributed by atoms with E-state index in [1.54, 1.807) is 6.92 Å². The fourth-order valence-electron chi connectivity index (χ4n) is 3.30. The molecule has 0 atom stereocenters. The van der Waals surface area contributed by atoms with Crippen molar-refractivity contribution in [2.24, 2.45) is 5.10 Å². The molecule has 0 bridgehead atoms.